The Hall–Kier alpha value is -2.56. The van der Waals surface area contributed by atoms with Gasteiger partial charge in [0.2, 0.25) is 5.88 Å². The molecule has 0 aliphatic rings. The van der Waals surface area contributed by atoms with Crippen molar-refractivity contribution in [2.45, 2.75) is 19.6 Å². The summed E-state index contributed by atoms with van der Waals surface area (Å²) in [6.45, 7) is 3.37. The van der Waals surface area contributed by atoms with Gasteiger partial charge in [-0.1, -0.05) is 11.6 Å². The summed E-state index contributed by atoms with van der Waals surface area (Å²) >= 11 is 5.79. The van der Waals surface area contributed by atoms with Gasteiger partial charge in [0, 0.05) is 19.8 Å². The first-order valence-electron chi connectivity index (χ1n) is 8.01. The molecule has 2 aromatic rings. The normalized spacial score (nSPS) is 12.1. The number of rotatable bonds is 7. The van der Waals surface area contributed by atoms with Crippen molar-refractivity contribution in [1.29, 1.82) is 0 Å². The maximum absolute atomic E-state index is 12.6. The number of pyridine rings is 1. The van der Waals surface area contributed by atoms with E-state index in [9.17, 15) is 13.2 Å². The Bertz CT molecular complexity index is 779. The van der Waals surface area contributed by atoms with Gasteiger partial charge in [0.15, 0.2) is 5.96 Å². The maximum atomic E-state index is 12.6. The smallest absolute Gasteiger partial charge is 0.417 e. The lowest BCUT2D eigenvalue weighted by molar-refractivity contribution is -0.137. The molecule has 0 saturated carbocycles. The van der Waals surface area contributed by atoms with Crippen molar-refractivity contribution in [3.8, 4) is 5.88 Å². The number of hydrogen-bond acceptors (Lipinski definition) is 5. The molecule has 148 valence electrons. The van der Waals surface area contributed by atoms with E-state index < -0.39 is 11.7 Å². The highest BCUT2D eigenvalue weighted by Crippen LogP contribution is 2.32. The summed E-state index contributed by atoms with van der Waals surface area (Å²) in [5.41, 5.74) is -0.927. The van der Waals surface area contributed by atoms with Crippen LogP contribution in [0.3, 0.4) is 0 Å². The number of guanidine groups is 1. The summed E-state index contributed by atoms with van der Waals surface area (Å²) in [6, 6.07) is 0.781. The summed E-state index contributed by atoms with van der Waals surface area (Å²) in [7, 11) is 1.77. The zero-order valence-corrected chi connectivity index (χ0v) is 15.5. The third-order valence-electron chi connectivity index (χ3n) is 3.30. The Morgan fingerprint density at radius 2 is 2.11 bits per heavy atom. The van der Waals surface area contributed by atoms with Gasteiger partial charge in [-0.3, -0.25) is 4.68 Å². The quantitative estimate of drug-likeness (QED) is 0.416. The summed E-state index contributed by atoms with van der Waals surface area (Å²) in [4.78, 5) is 12.1. The highest BCUT2D eigenvalue weighted by atomic mass is 35.5. The van der Waals surface area contributed by atoms with Gasteiger partial charge in [-0.2, -0.15) is 18.3 Å². The molecule has 2 rings (SSSR count). The van der Waals surface area contributed by atoms with Crippen molar-refractivity contribution in [2.75, 3.05) is 19.7 Å². The number of aliphatic imine (C=N–C) groups is 1. The van der Waals surface area contributed by atoms with Crippen molar-refractivity contribution in [3.63, 3.8) is 0 Å². The van der Waals surface area contributed by atoms with Crippen LogP contribution < -0.4 is 15.4 Å². The average molecular weight is 406 g/mol. The van der Waals surface area contributed by atoms with Crippen molar-refractivity contribution < 1.29 is 17.9 Å². The molecule has 0 amide bonds. The molecule has 0 unspecified atom stereocenters. The number of halogens is 4. The van der Waals surface area contributed by atoms with E-state index >= 15 is 0 Å². The summed E-state index contributed by atoms with van der Waals surface area (Å²) < 4.78 is 44.7. The Balaban J connectivity index is 1.85. The molecule has 0 spiro atoms. The first kappa shape index (κ1) is 20.7. The van der Waals surface area contributed by atoms with Gasteiger partial charge < -0.3 is 15.4 Å². The minimum absolute atomic E-state index is 0.0625. The standard InChI is InChI=1S/C15H19ClF3N7O/c1-3-20-14(23-8-12-24-9-25-26(12)2)21-4-5-27-13-11(16)6-10(7-22-13)15(17,18)19/h6-7,9H,3-5,8H2,1-2H3,(H2,20,21,23). The number of nitrogens with zero attached hydrogens (tertiary/aromatic N) is 5. The fraction of sp³-hybridized carbons (Fsp3) is 0.467. The summed E-state index contributed by atoms with van der Waals surface area (Å²) in [5, 5.41) is 9.85. The Labute approximate surface area is 158 Å². The van der Waals surface area contributed by atoms with Gasteiger partial charge >= 0.3 is 6.18 Å². The molecule has 0 fully saturated rings. The molecule has 2 heterocycles. The van der Waals surface area contributed by atoms with Gasteiger partial charge in [0.1, 0.15) is 30.3 Å². The maximum Gasteiger partial charge on any atom is 0.417 e. The molecule has 0 radical (unpaired) electrons. The second kappa shape index (κ2) is 9.40. The Morgan fingerprint density at radius 3 is 2.70 bits per heavy atom. The van der Waals surface area contributed by atoms with Gasteiger partial charge in [-0.25, -0.2) is 15.0 Å². The Kier molecular flexibility index (Phi) is 7.22. The lowest BCUT2D eigenvalue weighted by Gasteiger charge is -2.13. The van der Waals surface area contributed by atoms with Crippen LogP contribution in [0, 0.1) is 0 Å². The van der Waals surface area contributed by atoms with E-state index in [-0.39, 0.29) is 17.5 Å². The zero-order valence-electron chi connectivity index (χ0n) is 14.7. The zero-order chi connectivity index (χ0) is 19.9. The highest BCUT2D eigenvalue weighted by Gasteiger charge is 2.31. The third kappa shape index (κ3) is 6.27. The molecule has 27 heavy (non-hydrogen) atoms. The van der Waals surface area contributed by atoms with E-state index in [1.54, 1.807) is 11.7 Å². The average Bonchev–Trinajstić information content (AvgIpc) is 3.01. The fourth-order valence-electron chi connectivity index (χ4n) is 1.96. The number of aryl methyl sites for hydroxylation is 1. The van der Waals surface area contributed by atoms with Crippen molar-refractivity contribution in [1.82, 2.24) is 30.4 Å². The molecule has 0 aliphatic heterocycles. The molecule has 12 heteroatoms. The van der Waals surface area contributed by atoms with E-state index in [1.165, 1.54) is 6.33 Å². The predicted molar refractivity (Wildman–Crippen MR) is 93.6 cm³/mol. The molecule has 0 saturated heterocycles. The second-order valence-corrected chi connectivity index (χ2v) is 5.69. The first-order chi connectivity index (χ1) is 12.8. The van der Waals surface area contributed by atoms with Crippen LogP contribution in [-0.2, 0) is 19.8 Å². The van der Waals surface area contributed by atoms with Gasteiger partial charge in [-0.15, -0.1) is 0 Å². The number of alkyl halides is 3. The molecule has 2 aromatic heterocycles. The lowest BCUT2D eigenvalue weighted by Crippen LogP contribution is -2.39. The molecule has 0 bridgehead atoms. The monoisotopic (exact) mass is 405 g/mol. The number of nitrogens with one attached hydrogen (secondary N) is 2. The number of aromatic nitrogens is 4. The van der Waals surface area contributed by atoms with Crippen molar-refractivity contribution in [2.24, 2.45) is 12.0 Å². The van der Waals surface area contributed by atoms with Crippen molar-refractivity contribution in [3.05, 3.63) is 35.0 Å². The van der Waals surface area contributed by atoms with Crippen LogP contribution in [0.2, 0.25) is 5.02 Å². The van der Waals surface area contributed by atoms with Crippen LogP contribution in [0.25, 0.3) is 0 Å². The SMILES string of the molecule is CCNC(=NCc1ncnn1C)NCCOc1ncc(C(F)(F)F)cc1Cl. The van der Waals surface area contributed by atoms with Crippen LogP contribution in [0.15, 0.2) is 23.6 Å². The van der Waals surface area contributed by atoms with E-state index in [1.807, 2.05) is 6.92 Å². The molecular formula is C15H19ClF3N7O. The van der Waals surface area contributed by atoms with Crippen LogP contribution >= 0.6 is 11.6 Å². The molecule has 8 nitrogen and oxygen atoms in total. The minimum atomic E-state index is -4.50. The minimum Gasteiger partial charge on any atom is -0.475 e. The number of hydrogen-bond donors (Lipinski definition) is 2. The van der Waals surface area contributed by atoms with Crippen molar-refractivity contribution >= 4 is 17.6 Å². The first-order valence-corrected chi connectivity index (χ1v) is 8.39. The summed E-state index contributed by atoms with van der Waals surface area (Å²) in [6.07, 6.45) is -2.38. The topological polar surface area (TPSA) is 89.2 Å². The number of ether oxygens (including phenoxy) is 1. The predicted octanol–water partition coefficient (Wildman–Crippen LogP) is 2.02. The van der Waals surface area contributed by atoms with E-state index in [2.05, 4.69) is 30.7 Å². The van der Waals surface area contributed by atoms with Crippen LogP contribution in [0.1, 0.15) is 18.3 Å². The third-order valence-corrected chi connectivity index (χ3v) is 3.57. The lowest BCUT2D eigenvalue weighted by atomic mass is 10.3. The van der Waals surface area contributed by atoms with Gasteiger partial charge in [0.25, 0.3) is 0 Å². The van der Waals surface area contributed by atoms with Crippen LogP contribution in [-0.4, -0.2) is 45.4 Å². The van der Waals surface area contributed by atoms with Crippen LogP contribution in [0.5, 0.6) is 5.88 Å². The molecule has 2 N–H and O–H groups in total. The highest BCUT2D eigenvalue weighted by molar-refractivity contribution is 6.31. The van der Waals surface area contributed by atoms with E-state index in [4.69, 9.17) is 16.3 Å². The fourth-order valence-corrected chi connectivity index (χ4v) is 2.18. The molecule has 0 atom stereocenters. The summed E-state index contributed by atoms with van der Waals surface area (Å²) in [5.74, 6) is 1.17. The largest absolute Gasteiger partial charge is 0.475 e. The van der Waals surface area contributed by atoms with Gasteiger partial charge in [0.05, 0.1) is 12.1 Å². The van der Waals surface area contributed by atoms with Gasteiger partial charge in [-0.05, 0) is 13.0 Å². The second-order valence-electron chi connectivity index (χ2n) is 5.28. The van der Waals surface area contributed by atoms with Crippen LogP contribution in [0.4, 0.5) is 13.2 Å². The molecular weight excluding hydrogens is 387 g/mol. The molecule has 0 aliphatic carbocycles. The Morgan fingerprint density at radius 1 is 1.33 bits per heavy atom. The molecule has 0 aromatic carbocycles. The van der Waals surface area contributed by atoms with E-state index in [0.717, 1.165) is 6.07 Å². The van der Waals surface area contributed by atoms with E-state index in [0.29, 0.717) is 37.6 Å².